The van der Waals surface area contributed by atoms with Gasteiger partial charge < -0.3 is 10.1 Å². The van der Waals surface area contributed by atoms with Gasteiger partial charge in [0.1, 0.15) is 0 Å². The fourth-order valence-electron chi connectivity index (χ4n) is 5.99. The Kier molecular flexibility index (Phi) is 12.2. The summed E-state index contributed by atoms with van der Waals surface area (Å²) in [6.07, 6.45) is 5.39. The van der Waals surface area contributed by atoms with Crippen LogP contribution in [0.4, 0.5) is 0 Å². The molecule has 1 radical (unpaired) electrons. The molecule has 3 nitrogen and oxygen atoms in total. The molecule has 2 heterocycles. The first-order chi connectivity index (χ1) is 22.2. The molecule has 5 rings (SSSR count). The molecule has 0 aliphatic rings. The second-order valence-corrected chi connectivity index (χ2v) is 14.2. The molecule has 0 unspecified atom stereocenters. The SMILES string of the molecule is CCC(CC)C(=O)/C=C(\O)C(CC)CC.[2H]C([2H])(c1ccc2c(ccc3c4ccnc(-c5[c-]c(C)cc(C)c5)c4sc23)c1)C(C)(C)C.[Ir]. The van der Waals surface area contributed by atoms with Crippen LogP contribution in [0.5, 0.6) is 0 Å². The summed E-state index contributed by atoms with van der Waals surface area (Å²) in [6, 6.07) is 20.2. The van der Waals surface area contributed by atoms with Crippen molar-refractivity contribution < 1.29 is 32.7 Å². The van der Waals surface area contributed by atoms with Crippen LogP contribution in [0.2, 0.25) is 0 Å². The van der Waals surface area contributed by atoms with Crippen molar-refractivity contribution in [1.29, 1.82) is 0 Å². The third-order valence-electron chi connectivity index (χ3n) is 8.37. The zero-order chi connectivity index (χ0) is 34.7. The maximum Gasteiger partial charge on any atom is 0.162 e. The molecule has 3 aromatic carbocycles. The Bertz CT molecular complexity index is 1890. The number of ketones is 1. The van der Waals surface area contributed by atoms with E-state index in [1.54, 1.807) is 11.3 Å². The second-order valence-electron chi connectivity index (χ2n) is 13.1. The molecule has 5 aromatic rings. The Balaban J connectivity index is 0.000000334. The van der Waals surface area contributed by atoms with Gasteiger partial charge in [0.2, 0.25) is 0 Å². The standard InChI is InChI=1S/C28H26NS.C13H24O2.Ir/c1-17-12-18(2)14-21(13-17)25-27-24(10-11-29-25)23-9-7-20-15-19(16-28(3,4)5)6-8-22(20)26(23)30-27;1-5-10(6-2)12(14)9-13(15)11(7-3)8-4;/h6-13,15H,16H2,1-5H3;9-11,14H,5-8H2,1-4H3;/q-1;;/b;12-9-;/i16D2;;. The molecule has 0 amide bonds. The van der Waals surface area contributed by atoms with Crippen LogP contribution in [0.25, 0.3) is 42.2 Å². The Labute approximate surface area is 296 Å². The fourth-order valence-corrected chi connectivity index (χ4v) is 7.33. The fraction of sp³-hybridized carbons (Fsp3) is 0.415. The van der Waals surface area contributed by atoms with Gasteiger partial charge in [-0.2, -0.15) is 0 Å². The van der Waals surface area contributed by atoms with E-state index in [1.165, 1.54) is 31.8 Å². The number of allylic oxidation sites excluding steroid dienone is 2. The van der Waals surface area contributed by atoms with E-state index < -0.39 is 11.8 Å². The van der Waals surface area contributed by atoms with E-state index in [4.69, 9.17) is 7.73 Å². The van der Waals surface area contributed by atoms with Crippen LogP contribution in [0.3, 0.4) is 0 Å². The van der Waals surface area contributed by atoms with Crippen LogP contribution < -0.4 is 0 Å². The van der Waals surface area contributed by atoms with Gasteiger partial charge in [0.15, 0.2) is 5.78 Å². The summed E-state index contributed by atoms with van der Waals surface area (Å²) >= 11 is 1.77. The van der Waals surface area contributed by atoms with Crippen LogP contribution in [-0.2, 0) is 31.3 Å². The summed E-state index contributed by atoms with van der Waals surface area (Å²) in [6.45, 7) is 18.1. The molecule has 1 N–H and O–H groups in total. The molecule has 0 bridgehead atoms. The average molecular weight is 815 g/mol. The van der Waals surface area contributed by atoms with Crippen molar-refractivity contribution in [3.63, 3.8) is 0 Å². The quantitative estimate of drug-likeness (QED) is 0.0916. The summed E-state index contributed by atoms with van der Waals surface area (Å²) in [5, 5.41) is 14.4. The van der Waals surface area contributed by atoms with Crippen LogP contribution in [0.1, 0.15) is 93.6 Å². The van der Waals surface area contributed by atoms with Gasteiger partial charge in [-0.3, -0.25) is 4.79 Å². The van der Waals surface area contributed by atoms with Gasteiger partial charge in [0.05, 0.1) is 5.76 Å². The molecule has 247 valence electrons. The van der Waals surface area contributed by atoms with Crippen LogP contribution >= 0.6 is 11.3 Å². The molecular weight excluding hydrogens is 763 g/mol. The van der Waals surface area contributed by atoms with Crippen LogP contribution in [-0.4, -0.2) is 15.9 Å². The number of hydrogen-bond acceptors (Lipinski definition) is 4. The maximum atomic E-state index is 11.7. The molecule has 0 atom stereocenters. The van der Waals surface area contributed by atoms with Gasteiger partial charge in [-0.1, -0.05) is 92.6 Å². The molecule has 46 heavy (non-hydrogen) atoms. The molecular formula is C41H50IrNO2S-. The monoisotopic (exact) mass is 815 g/mol. The Morgan fingerprint density at radius 1 is 0.913 bits per heavy atom. The number of rotatable bonds is 9. The summed E-state index contributed by atoms with van der Waals surface area (Å²) in [5.74, 6) is 0.547. The molecule has 0 fully saturated rings. The first-order valence-corrected chi connectivity index (χ1v) is 17.2. The van der Waals surface area contributed by atoms with Crippen molar-refractivity contribution in [3.8, 4) is 11.3 Å². The third kappa shape index (κ3) is 8.94. The number of fused-ring (bicyclic) bond motifs is 5. The molecule has 0 aliphatic heterocycles. The molecule has 0 saturated heterocycles. The van der Waals surface area contributed by atoms with Crippen molar-refractivity contribution in [3.05, 3.63) is 89.3 Å². The number of carbonyl (C=O) groups excluding carboxylic acids is 1. The van der Waals surface area contributed by atoms with Crippen LogP contribution in [0.15, 0.2) is 66.6 Å². The Morgan fingerprint density at radius 2 is 1.54 bits per heavy atom. The summed E-state index contributed by atoms with van der Waals surface area (Å²) < 4.78 is 19.7. The van der Waals surface area contributed by atoms with E-state index in [9.17, 15) is 9.90 Å². The van der Waals surface area contributed by atoms with Crippen molar-refractivity contribution in [2.45, 2.75) is 94.4 Å². The number of pyridine rings is 1. The van der Waals surface area contributed by atoms with Crippen molar-refractivity contribution in [1.82, 2.24) is 4.98 Å². The molecule has 0 spiro atoms. The second kappa shape index (κ2) is 16.3. The third-order valence-corrected chi connectivity index (χ3v) is 9.64. The van der Waals surface area contributed by atoms with Crippen molar-refractivity contribution >= 4 is 48.1 Å². The van der Waals surface area contributed by atoms with E-state index >= 15 is 0 Å². The minimum absolute atomic E-state index is 0. The number of aliphatic hydroxyl groups excluding tert-OH is 1. The first kappa shape index (κ1) is 34.5. The number of nitrogens with zero attached hydrogens (tertiary/aromatic N) is 1. The van der Waals surface area contributed by atoms with E-state index in [1.807, 2.05) is 66.8 Å². The Hall–Kier alpha value is -2.85. The topological polar surface area (TPSA) is 50.2 Å². The predicted molar refractivity (Wildman–Crippen MR) is 195 cm³/mol. The number of aliphatic hydroxyl groups is 1. The largest absolute Gasteiger partial charge is 0.512 e. The van der Waals surface area contributed by atoms with E-state index in [0.717, 1.165) is 58.8 Å². The van der Waals surface area contributed by atoms with E-state index in [0.29, 0.717) is 0 Å². The van der Waals surface area contributed by atoms with E-state index in [-0.39, 0.29) is 43.5 Å². The van der Waals surface area contributed by atoms with Gasteiger partial charge >= 0.3 is 0 Å². The Morgan fingerprint density at radius 3 is 2.15 bits per heavy atom. The van der Waals surface area contributed by atoms with Crippen molar-refractivity contribution in [2.75, 3.05) is 0 Å². The van der Waals surface area contributed by atoms with Gasteiger partial charge in [-0.05, 0) is 65.3 Å². The molecule has 5 heteroatoms. The normalized spacial score (nSPS) is 13.1. The minimum Gasteiger partial charge on any atom is -0.512 e. The summed E-state index contributed by atoms with van der Waals surface area (Å²) in [4.78, 5) is 16.5. The van der Waals surface area contributed by atoms with Gasteiger partial charge in [0, 0.05) is 67.4 Å². The maximum absolute atomic E-state index is 11.7. The number of aromatic nitrogens is 1. The zero-order valence-electron chi connectivity index (χ0n) is 30.8. The van der Waals surface area contributed by atoms with E-state index in [2.05, 4.69) is 56.3 Å². The minimum atomic E-state index is -1.41. The predicted octanol–water partition coefficient (Wildman–Crippen LogP) is 12.1. The van der Waals surface area contributed by atoms with Crippen LogP contribution in [0, 0.1) is 37.2 Å². The van der Waals surface area contributed by atoms with Crippen molar-refractivity contribution in [2.24, 2.45) is 17.3 Å². The number of carbonyl (C=O) groups is 1. The molecule has 2 aromatic heterocycles. The van der Waals surface area contributed by atoms with Gasteiger partial charge in [-0.25, -0.2) is 0 Å². The number of hydrogen-bond donors (Lipinski definition) is 1. The van der Waals surface area contributed by atoms with Gasteiger partial charge in [0.25, 0.3) is 0 Å². The number of benzene rings is 3. The smallest absolute Gasteiger partial charge is 0.162 e. The molecule has 0 saturated carbocycles. The summed E-state index contributed by atoms with van der Waals surface area (Å²) in [7, 11) is 0. The molecule has 0 aliphatic carbocycles. The number of aryl methyl sites for hydroxylation is 2. The zero-order valence-corrected chi connectivity index (χ0v) is 32.0. The number of thiophene rings is 1. The average Bonchev–Trinajstić information content (AvgIpc) is 3.40. The van der Waals surface area contributed by atoms with Gasteiger partial charge in [-0.15, -0.1) is 46.2 Å². The first-order valence-electron chi connectivity index (χ1n) is 17.4. The summed E-state index contributed by atoms with van der Waals surface area (Å²) in [5.41, 5.74) is 4.58.